The van der Waals surface area contributed by atoms with Gasteiger partial charge in [-0.3, -0.25) is 0 Å². The molecule has 0 amide bonds. The maximum Gasteiger partial charge on any atom is -0.0159 e. The first-order valence-corrected chi connectivity index (χ1v) is 6.97. The van der Waals surface area contributed by atoms with Crippen LogP contribution in [0.3, 0.4) is 0 Å². The predicted molar refractivity (Wildman–Crippen MR) is 71.1 cm³/mol. The molecule has 0 unspecified atom stereocenters. The van der Waals surface area contributed by atoms with Crippen LogP contribution in [0.1, 0.15) is 67.7 Å². The van der Waals surface area contributed by atoms with Crippen LogP contribution in [0.4, 0.5) is 0 Å². The molecule has 0 heteroatoms. The van der Waals surface area contributed by atoms with Gasteiger partial charge in [0, 0.05) is 0 Å². The molecule has 0 N–H and O–H groups in total. The zero-order valence-corrected chi connectivity index (χ0v) is 11.0. The van der Waals surface area contributed by atoms with Crippen LogP contribution in [0.2, 0.25) is 0 Å². The molecular formula is C16H24. The molecule has 0 spiro atoms. The van der Waals surface area contributed by atoms with E-state index in [0.29, 0.717) is 0 Å². The summed E-state index contributed by atoms with van der Waals surface area (Å²) in [6.45, 7) is 6.35. The van der Waals surface area contributed by atoms with Crippen molar-refractivity contribution in [2.24, 2.45) is 0 Å². The topological polar surface area (TPSA) is 0 Å². The van der Waals surface area contributed by atoms with Crippen molar-refractivity contribution in [2.75, 3.05) is 0 Å². The van der Waals surface area contributed by atoms with Crippen molar-refractivity contribution >= 4 is 0 Å². The average Bonchev–Trinajstić information content (AvgIpc) is 2.71. The van der Waals surface area contributed by atoms with Gasteiger partial charge < -0.3 is 0 Å². The Morgan fingerprint density at radius 3 is 2.38 bits per heavy atom. The van der Waals surface area contributed by atoms with Crippen molar-refractivity contribution in [1.82, 2.24) is 0 Å². The van der Waals surface area contributed by atoms with Crippen LogP contribution < -0.4 is 0 Å². The normalized spacial score (nSPS) is 18.4. The maximum atomic E-state index is 2.41. The first-order chi connectivity index (χ1) is 7.86. The summed E-state index contributed by atoms with van der Waals surface area (Å²) in [7, 11) is 0. The van der Waals surface area contributed by atoms with Crippen molar-refractivity contribution < 1.29 is 0 Å². The van der Waals surface area contributed by atoms with Crippen LogP contribution in [-0.4, -0.2) is 0 Å². The van der Waals surface area contributed by atoms with E-state index in [4.69, 9.17) is 0 Å². The van der Waals surface area contributed by atoms with Crippen LogP contribution in [0.25, 0.3) is 0 Å². The second kappa shape index (κ2) is 5.03. The predicted octanol–water partition coefficient (Wildman–Crippen LogP) is 4.78. The van der Waals surface area contributed by atoms with Gasteiger partial charge in [-0.15, -0.1) is 0 Å². The van der Waals surface area contributed by atoms with Gasteiger partial charge in [0.25, 0.3) is 0 Å². The largest absolute Gasteiger partial charge is 0.0683 e. The van der Waals surface area contributed by atoms with Crippen LogP contribution in [0.15, 0.2) is 12.1 Å². The zero-order chi connectivity index (χ0) is 11.5. The molecule has 3 rings (SSSR count). The van der Waals surface area contributed by atoms with Crippen LogP contribution in [0, 0.1) is 6.92 Å². The van der Waals surface area contributed by atoms with E-state index in [2.05, 4.69) is 19.1 Å². The summed E-state index contributed by atoms with van der Waals surface area (Å²) in [6.07, 6.45) is 8.34. The minimum Gasteiger partial charge on any atom is -0.0683 e. The minimum atomic E-state index is 0.904. The number of aryl methyl sites for hydroxylation is 1. The molecule has 1 fully saturated rings. The van der Waals surface area contributed by atoms with E-state index in [-0.39, 0.29) is 0 Å². The van der Waals surface area contributed by atoms with Gasteiger partial charge in [-0.2, -0.15) is 0 Å². The Bertz CT molecular complexity index is 359. The second-order valence-corrected chi connectivity index (χ2v) is 4.90. The van der Waals surface area contributed by atoms with Crippen LogP contribution in [0.5, 0.6) is 0 Å². The summed E-state index contributed by atoms with van der Waals surface area (Å²) < 4.78 is 0. The monoisotopic (exact) mass is 216 g/mol. The van der Waals surface area contributed by atoms with Crippen molar-refractivity contribution in [3.63, 3.8) is 0 Å². The van der Waals surface area contributed by atoms with Gasteiger partial charge in [0.15, 0.2) is 0 Å². The zero-order valence-electron chi connectivity index (χ0n) is 11.0. The second-order valence-electron chi connectivity index (χ2n) is 4.90. The molecule has 0 heterocycles. The molecule has 0 radical (unpaired) electrons. The lowest BCUT2D eigenvalue weighted by Crippen LogP contribution is -2.11. The minimum absolute atomic E-state index is 0.904. The highest BCUT2D eigenvalue weighted by Crippen LogP contribution is 2.40. The van der Waals surface area contributed by atoms with Crippen molar-refractivity contribution in [3.8, 4) is 0 Å². The van der Waals surface area contributed by atoms with E-state index >= 15 is 0 Å². The number of hydrogen-bond acceptors (Lipinski definition) is 0. The fraction of sp³-hybridized carbons (Fsp3) is 0.625. The van der Waals surface area contributed by atoms with Gasteiger partial charge in [-0.25, -0.2) is 0 Å². The van der Waals surface area contributed by atoms with Gasteiger partial charge in [-0.05, 0) is 67.2 Å². The average molecular weight is 216 g/mol. The standard InChI is InChI=1S/C14H18.C2H6/c1-10-13-7-3-6-12(13)8-9-14(10)11-4-2-5-11;1-2/h8-9,11H,2-7H2,1H3;1-2H3. The lowest BCUT2D eigenvalue weighted by atomic mass is 9.77. The molecular weight excluding hydrogens is 192 g/mol. The first-order valence-electron chi connectivity index (χ1n) is 6.97. The Kier molecular flexibility index (Phi) is 3.68. The quantitative estimate of drug-likeness (QED) is 0.634. The third-order valence-corrected chi connectivity index (χ3v) is 4.16. The van der Waals surface area contributed by atoms with E-state index in [1.54, 1.807) is 22.3 Å². The third kappa shape index (κ3) is 1.90. The van der Waals surface area contributed by atoms with E-state index in [9.17, 15) is 0 Å². The Morgan fingerprint density at radius 2 is 1.75 bits per heavy atom. The summed E-state index contributed by atoms with van der Waals surface area (Å²) in [4.78, 5) is 0. The molecule has 0 aromatic heterocycles. The first kappa shape index (κ1) is 11.7. The van der Waals surface area contributed by atoms with E-state index in [1.807, 2.05) is 13.8 Å². The van der Waals surface area contributed by atoms with E-state index < -0.39 is 0 Å². The highest BCUT2D eigenvalue weighted by Gasteiger charge is 2.23. The Morgan fingerprint density at radius 1 is 1.00 bits per heavy atom. The van der Waals surface area contributed by atoms with Crippen molar-refractivity contribution in [1.29, 1.82) is 0 Å². The highest BCUT2D eigenvalue weighted by molar-refractivity contribution is 5.44. The molecule has 88 valence electrons. The Balaban J connectivity index is 0.000000457. The van der Waals surface area contributed by atoms with Crippen molar-refractivity contribution in [3.05, 3.63) is 34.4 Å². The third-order valence-electron chi connectivity index (χ3n) is 4.16. The van der Waals surface area contributed by atoms with E-state index in [0.717, 1.165) is 5.92 Å². The lowest BCUT2D eigenvalue weighted by molar-refractivity contribution is 0.418. The molecule has 0 aliphatic heterocycles. The van der Waals surface area contributed by atoms with Gasteiger partial charge in [0.2, 0.25) is 0 Å². The summed E-state index contributed by atoms with van der Waals surface area (Å²) >= 11 is 0. The molecule has 1 aromatic carbocycles. The molecule has 2 aliphatic carbocycles. The van der Waals surface area contributed by atoms with Crippen molar-refractivity contribution in [2.45, 2.75) is 65.2 Å². The summed E-state index contributed by atoms with van der Waals surface area (Å²) in [5.41, 5.74) is 6.61. The fourth-order valence-corrected chi connectivity index (χ4v) is 3.03. The highest BCUT2D eigenvalue weighted by atomic mass is 14.3. The number of benzene rings is 1. The smallest absolute Gasteiger partial charge is 0.0159 e. The molecule has 0 atom stereocenters. The fourth-order valence-electron chi connectivity index (χ4n) is 3.03. The molecule has 0 bridgehead atoms. The van der Waals surface area contributed by atoms with Crippen LogP contribution in [-0.2, 0) is 12.8 Å². The summed E-state index contributed by atoms with van der Waals surface area (Å²) in [5.74, 6) is 0.904. The summed E-state index contributed by atoms with van der Waals surface area (Å²) in [5, 5.41) is 0. The molecule has 1 aromatic rings. The number of hydrogen-bond donors (Lipinski definition) is 0. The van der Waals surface area contributed by atoms with Crippen LogP contribution >= 0.6 is 0 Å². The molecule has 16 heavy (non-hydrogen) atoms. The molecule has 0 saturated heterocycles. The Labute approximate surface area is 100 Å². The Hall–Kier alpha value is -0.780. The van der Waals surface area contributed by atoms with Gasteiger partial charge in [0.1, 0.15) is 0 Å². The molecule has 2 aliphatic rings. The molecule has 1 saturated carbocycles. The maximum absolute atomic E-state index is 2.41. The van der Waals surface area contributed by atoms with E-state index in [1.165, 1.54) is 38.5 Å². The van der Waals surface area contributed by atoms with Gasteiger partial charge in [-0.1, -0.05) is 32.4 Å². The van der Waals surface area contributed by atoms with Gasteiger partial charge >= 0.3 is 0 Å². The molecule has 0 nitrogen and oxygen atoms in total. The summed E-state index contributed by atoms with van der Waals surface area (Å²) in [6, 6.07) is 4.80. The van der Waals surface area contributed by atoms with Gasteiger partial charge in [0.05, 0.1) is 0 Å². The number of rotatable bonds is 1. The lowest BCUT2D eigenvalue weighted by Gasteiger charge is -2.28. The SMILES string of the molecule is CC.Cc1c(C2CCC2)ccc2c1CCC2. The number of fused-ring (bicyclic) bond motifs is 1.